The lowest BCUT2D eigenvalue weighted by Crippen LogP contribution is -2.39. The number of fused-ring (bicyclic) bond motifs is 3. The van der Waals surface area contributed by atoms with Gasteiger partial charge in [0.15, 0.2) is 5.78 Å². The highest BCUT2D eigenvalue weighted by Gasteiger charge is 2.35. The van der Waals surface area contributed by atoms with Crippen LogP contribution in [-0.4, -0.2) is 83.7 Å². The number of likely N-dealkylation sites (tertiary alicyclic amines) is 2. The van der Waals surface area contributed by atoms with Crippen LogP contribution in [0.4, 0.5) is 10.5 Å². The first-order valence-corrected chi connectivity index (χ1v) is 15.5. The first-order valence-electron chi connectivity index (χ1n) is 15.5. The Morgan fingerprint density at radius 1 is 1.05 bits per heavy atom. The predicted octanol–water partition coefficient (Wildman–Crippen LogP) is 5.39. The molecule has 0 saturated carbocycles. The maximum absolute atomic E-state index is 13.7. The molecule has 3 aromatic rings. The number of ketones is 1. The van der Waals surface area contributed by atoms with Gasteiger partial charge in [0, 0.05) is 30.3 Å². The molecular weight excluding hydrogens is 528 g/mol. The van der Waals surface area contributed by atoms with E-state index in [1.165, 1.54) is 25.7 Å². The number of ether oxygens (including phenoxy) is 1. The fourth-order valence-corrected chi connectivity index (χ4v) is 6.52. The monoisotopic (exact) mass is 570 g/mol. The Bertz CT molecular complexity index is 1400. The number of benzene rings is 2. The van der Waals surface area contributed by atoms with Crippen LogP contribution in [0.3, 0.4) is 0 Å². The number of urea groups is 1. The molecule has 2 saturated heterocycles. The smallest absolute Gasteiger partial charge is 0.319 e. The van der Waals surface area contributed by atoms with Crippen LogP contribution in [0.2, 0.25) is 0 Å². The molecule has 42 heavy (non-hydrogen) atoms. The standard InChI is InChI=1S/C33H42N6O3/c1-22(2)39-18-13-23(14-19-39)12-15-34-33(41)35-27-7-5-6-26-28(27)32(40)29-30(36-37-31(26)29)24-8-10-25(11-9-24)42-21-20-38-16-3-4-17-38/h5-11,22-23H,3-4,12-21H2,1-2H3,(H,36,37)(H2,34,35,41). The Morgan fingerprint density at radius 3 is 2.55 bits per heavy atom. The maximum atomic E-state index is 13.7. The summed E-state index contributed by atoms with van der Waals surface area (Å²) in [5.41, 5.74) is 4.44. The number of piperidine rings is 1. The molecule has 0 atom stereocenters. The number of nitrogens with zero attached hydrogens (tertiary/aromatic N) is 3. The molecule has 2 amide bonds. The number of aromatic nitrogens is 2. The Balaban J connectivity index is 1.06. The van der Waals surface area contributed by atoms with Crippen LogP contribution in [0, 0.1) is 5.92 Å². The third-order valence-corrected chi connectivity index (χ3v) is 9.02. The Hall–Kier alpha value is -3.69. The second-order valence-electron chi connectivity index (χ2n) is 12.0. The van der Waals surface area contributed by atoms with Gasteiger partial charge < -0.3 is 20.3 Å². The van der Waals surface area contributed by atoms with Gasteiger partial charge in [0.05, 0.1) is 22.5 Å². The number of anilines is 1. The van der Waals surface area contributed by atoms with Crippen LogP contribution in [0.25, 0.3) is 22.5 Å². The fourth-order valence-electron chi connectivity index (χ4n) is 6.52. The summed E-state index contributed by atoms with van der Waals surface area (Å²) in [7, 11) is 0. The summed E-state index contributed by atoms with van der Waals surface area (Å²) in [5.74, 6) is 1.30. The number of H-pyrrole nitrogens is 1. The predicted molar refractivity (Wildman–Crippen MR) is 165 cm³/mol. The van der Waals surface area contributed by atoms with Crippen molar-refractivity contribution in [3.8, 4) is 28.3 Å². The van der Waals surface area contributed by atoms with E-state index in [-0.39, 0.29) is 11.8 Å². The van der Waals surface area contributed by atoms with Gasteiger partial charge in [0.25, 0.3) is 0 Å². The van der Waals surface area contributed by atoms with Crippen LogP contribution < -0.4 is 15.4 Å². The molecular formula is C33H42N6O3. The first kappa shape index (κ1) is 28.4. The van der Waals surface area contributed by atoms with Crippen LogP contribution in [0.1, 0.15) is 61.9 Å². The highest BCUT2D eigenvalue weighted by Crippen LogP contribution is 2.43. The van der Waals surface area contributed by atoms with Crippen molar-refractivity contribution in [2.24, 2.45) is 5.92 Å². The van der Waals surface area contributed by atoms with E-state index in [1.807, 2.05) is 36.4 Å². The van der Waals surface area contributed by atoms with E-state index >= 15 is 0 Å². The van der Waals surface area contributed by atoms with Gasteiger partial charge in [0.2, 0.25) is 0 Å². The van der Waals surface area contributed by atoms with Crippen LogP contribution in [0.5, 0.6) is 5.75 Å². The van der Waals surface area contributed by atoms with Crippen molar-refractivity contribution in [2.45, 2.75) is 52.0 Å². The number of carbonyl (C=O) groups is 2. The first-order chi connectivity index (χ1) is 20.5. The molecule has 0 bridgehead atoms. The number of amides is 2. The van der Waals surface area contributed by atoms with Gasteiger partial charge in [-0.25, -0.2) is 4.79 Å². The van der Waals surface area contributed by atoms with Crippen molar-refractivity contribution in [2.75, 3.05) is 51.2 Å². The molecule has 9 nitrogen and oxygen atoms in total. The van der Waals surface area contributed by atoms with Gasteiger partial charge in [-0.2, -0.15) is 5.10 Å². The van der Waals surface area contributed by atoms with E-state index in [9.17, 15) is 9.59 Å². The van der Waals surface area contributed by atoms with Crippen molar-refractivity contribution in [1.82, 2.24) is 25.3 Å². The normalized spacial score (nSPS) is 17.5. The van der Waals surface area contributed by atoms with Gasteiger partial charge in [-0.1, -0.05) is 12.1 Å². The highest BCUT2D eigenvalue weighted by molar-refractivity contribution is 6.26. The molecule has 3 heterocycles. The molecule has 0 unspecified atom stereocenters. The molecule has 1 aromatic heterocycles. The molecule has 222 valence electrons. The quantitative estimate of drug-likeness (QED) is 0.236. The molecule has 2 aliphatic heterocycles. The minimum atomic E-state index is -0.287. The summed E-state index contributed by atoms with van der Waals surface area (Å²) >= 11 is 0. The minimum Gasteiger partial charge on any atom is -0.492 e. The Labute approximate surface area is 248 Å². The second kappa shape index (κ2) is 12.7. The maximum Gasteiger partial charge on any atom is 0.319 e. The summed E-state index contributed by atoms with van der Waals surface area (Å²) in [5, 5.41) is 13.5. The molecule has 0 radical (unpaired) electrons. The largest absolute Gasteiger partial charge is 0.492 e. The lowest BCUT2D eigenvalue weighted by molar-refractivity contribution is 0.104. The zero-order valence-electron chi connectivity index (χ0n) is 24.7. The number of nitrogens with one attached hydrogen (secondary N) is 3. The van der Waals surface area contributed by atoms with E-state index in [4.69, 9.17) is 4.74 Å². The van der Waals surface area contributed by atoms with Crippen molar-refractivity contribution in [1.29, 1.82) is 0 Å². The zero-order valence-corrected chi connectivity index (χ0v) is 24.7. The average molecular weight is 571 g/mol. The molecule has 9 heteroatoms. The lowest BCUT2D eigenvalue weighted by atomic mass is 9.93. The molecule has 2 aromatic carbocycles. The van der Waals surface area contributed by atoms with Gasteiger partial charge >= 0.3 is 6.03 Å². The zero-order chi connectivity index (χ0) is 29.1. The Morgan fingerprint density at radius 2 is 1.81 bits per heavy atom. The number of hydrogen-bond acceptors (Lipinski definition) is 6. The van der Waals surface area contributed by atoms with E-state index in [1.54, 1.807) is 6.07 Å². The van der Waals surface area contributed by atoms with Crippen LogP contribution in [-0.2, 0) is 0 Å². The third-order valence-electron chi connectivity index (χ3n) is 9.02. The van der Waals surface area contributed by atoms with E-state index in [0.717, 1.165) is 56.0 Å². The van der Waals surface area contributed by atoms with Crippen molar-refractivity contribution in [3.63, 3.8) is 0 Å². The molecule has 3 N–H and O–H groups in total. The van der Waals surface area contributed by atoms with Crippen molar-refractivity contribution < 1.29 is 14.3 Å². The van der Waals surface area contributed by atoms with Gasteiger partial charge in [0.1, 0.15) is 18.1 Å². The van der Waals surface area contributed by atoms with Gasteiger partial charge in [-0.15, -0.1) is 0 Å². The molecule has 1 aliphatic carbocycles. The summed E-state index contributed by atoms with van der Waals surface area (Å²) in [4.78, 5) is 31.5. The van der Waals surface area contributed by atoms with Crippen LogP contribution >= 0.6 is 0 Å². The molecule has 0 spiro atoms. The topological polar surface area (TPSA) is 103 Å². The van der Waals surface area contributed by atoms with Crippen molar-refractivity contribution in [3.05, 3.63) is 53.6 Å². The average Bonchev–Trinajstić information content (AvgIpc) is 3.73. The SMILES string of the molecule is CC(C)N1CCC(CCNC(=O)Nc2cccc3c2C(=O)c2c(-c4ccc(OCCN5CCCC5)cc4)n[nH]c2-3)CC1. The van der Waals surface area contributed by atoms with Gasteiger partial charge in [-0.05, 0) is 108 Å². The second-order valence-corrected chi connectivity index (χ2v) is 12.0. The molecule has 2 fully saturated rings. The molecule has 3 aliphatic rings. The number of aromatic amines is 1. The minimum absolute atomic E-state index is 0.137. The number of rotatable bonds is 10. The highest BCUT2D eigenvalue weighted by atomic mass is 16.5. The Kier molecular flexibility index (Phi) is 8.58. The van der Waals surface area contributed by atoms with E-state index < -0.39 is 0 Å². The van der Waals surface area contributed by atoms with Crippen molar-refractivity contribution >= 4 is 17.5 Å². The number of hydrogen-bond donors (Lipinski definition) is 3. The fraction of sp³-hybridized carbons (Fsp3) is 0.485. The van der Waals surface area contributed by atoms with E-state index in [2.05, 4.69) is 44.5 Å². The van der Waals surface area contributed by atoms with Crippen LogP contribution in [0.15, 0.2) is 42.5 Å². The third kappa shape index (κ3) is 6.08. The number of carbonyl (C=O) groups excluding carboxylic acids is 2. The van der Waals surface area contributed by atoms with E-state index in [0.29, 0.717) is 53.3 Å². The van der Waals surface area contributed by atoms with Gasteiger partial charge in [-0.3, -0.25) is 14.8 Å². The molecule has 6 rings (SSSR count). The summed E-state index contributed by atoms with van der Waals surface area (Å²) in [6.45, 7) is 11.3. The summed E-state index contributed by atoms with van der Waals surface area (Å²) in [6.07, 6.45) is 5.85. The lowest BCUT2D eigenvalue weighted by Gasteiger charge is -2.34. The summed E-state index contributed by atoms with van der Waals surface area (Å²) < 4.78 is 5.95. The summed E-state index contributed by atoms with van der Waals surface area (Å²) in [6, 6.07) is 13.6.